The molecule has 2 heterocycles. The Hall–Kier alpha value is -2.75. The van der Waals surface area contributed by atoms with Gasteiger partial charge < -0.3 is 4.52 Å². The Bertz CT molecular complexity index is 1330. The van der Waals surface area contributed by atoms with E-state index in [2.05, 4.69) is 5.16 Å². The van der Waals surface area contributed by atoms with Crippen molar-refractivity contribution in [2.45, 2.75) is 31.2 Å². The van der Waals surface area contributed by atoms with Crippen molar-refractivity contribution >= 4 is 20.7 Å². The second-order valence-electron chi connectivity index (χ2n) is 7.74. The van der Waals surface area contributed by atoms with Crippen molar-refractivity contribution in [2.75, 3.05) is 12.4 Å². The normalized spacial score (nSPS) is 15.7. The first-order valence-corrected chi connectivity index (χ1v) is 10.8. The fraction of sp³-hybridized carbons (Fsp3) is 0.421. The lowest BCUT2D eigenvalue weighted by Gasteiger charge is -2.13. The molecule has 1 aliphatic carbocycles. The molecule has 0 unspecified atom stereocenters. The summed E-state index contributed by atoms with van der Waals surface area (Å²) in [4.78, 5) is 25.6. The Morgan fingerprint density at radius 3 is 2.55 bits per heavy atom. The molecule has 154 valence electrons. The van der Waals surface area contributed by atoms with Crippen molar-refractivity contribution in [3.8, 4) is 0 Å². The van der Waals surface area contributed by atoms with Crippen LogP contribution in [0.5, 0.6) is 0 Å². The molecule has 2 aromatic heterocycles. The number of hydrogen-bond donors (Lipinski definition) is 0. The zero-order valence-electron chi connectivity index (χ0n) is 16.0. The SMILES string of the molecule is Cc1cc(Cn2c(=O)c3cc(S(=O)(=O)CC4(CF)CC4)ccc3n(C)c2=O)on1. The number of hydrogen-bond acceptors (Lipinski definition) is 6. The number of fused-ring (bicyclic) bond motifs is 1. The van der Waals surface area contributed by atoms with Gasteiger partial charge in [0.05, 0.1) is 40.5 Å². The minimum atomic E-state index is -3.77. The van der Waals surface area contributed by atoms with Crippen LogP contribution in [0.4, 0.5) is 4.39 Å². The van der Waals surface area contributed by atoms with E-state index in [4.69, 9.17) is 4.52 Å². The van der Waals surface area contributed by atoms with Crippen LogP contribution in [0.15, 0.2) is 43.3 Å². The highest BCUT2D eigenvalue weighted by Crippen LogP contribution is 2.47. The number of aryl methyl sites for hydroxylation is 2. The van der Waals surface area contributed by atoms with Gasteiger partial charge in [-0.05, 0) is 38.0 Å². The summed E-state index contributed by atoms with van der Waals surface area (Å²) in [7, 11) is -2.27. The quantitative estimate of drug-likeness (QED) is 0.598. The number of alkyl halides is 1. The predicted octanol–water partition coefficient (Wildman–Crippen LogP) is 1.57. The predicted molar refractivity (Wildman–Crippen MR) is 103 cm³/mol. The maximum atomic E-state index is 13.2. The zero-order valence-corrected chi connectivity index (χ0v) is 16.8. The van der Waals surface area contributed by atoms with Crippen LogP contribution in [0.1, 0.15) is 24.3 Å². The molecular formula is C19H20FN3O5S. The van der Waals surface area contributed by atoms with Gasteiger partial charge in [-0.3, -0.25) is 18.3 Å². The lowest BCUT2D eigenvalue weighted by atomic mass is 10.2. The van der Waals surface area contributed by atoms with E-state index >= 15 is 0 Å². The average molecular weight is 421 g/mol. The Kier molecular flexibility index (Phi) is 4.49. The lowest BCUT2D eigenvalue weighted by Crippen LogP contribution is -2.39. The molecule has 1 aromatic carbocycles. The molecule has 1 saturated carbocycles. The topological polar surface area (TPSA) is 104 Å². The van der Waals surface area contributed by atoms with Gasteiger partial charge >= 0.3 is 5.69 Å². The molecule has 4 rings (SSSR count). The molecule has 1 fully saturated rings. The molecule has 0 bridgehead atoms. The van der Waals surface area contributed by atoms with Crippen LogP contribution in [0.3, 0.4) is 0 Å². The molecule has 8 nitrogen and oxygen atoms in total. The molecule has 0 aliphatic heterocycles. The smallest absolute Gasteiger partial charge is 0.331 e. The number of nitrogens with zero attached hydrogens (tertiary/aromatic N) is 3. The molecule has 0 radical (unpaired) electrons. The molecule has 1 aliphatic rings. The van der Waals surface area contributed by atoms with Crippen LogP contribution >= 0.6 is 0 Å². The fourth-order valence-electron chi connectivity index (χ4n) is 3.45. The third-order valence-electron chi connectivity index (χ3n) is 5.41. The molecule has 0 amide bonds. The molecular weight excluding hydrogens is 401 g/mol. The Balaban J connectivity index is 1.83. The number of rotatable bonds is 6. The standard InChI is InChI=1S/C19H20FN3O5S/c1-12-7-13(28-21-12)9-23-17(24)15-8-14(3-4-16(15)22(2)18(23)25)29(26,27)11-19(10-20)5-6-19/h3-4,7-8H,5-6,9-11H2,1-2H3. The number of benzene rings is 1. The van der Waals surface area contributed by atoms with Gasteiger partial charge in [-0.1, -0.05) is 5.16 Å². The van der Waals surface area contributed by atoms with Crippen LogP contribution < -0.4 is 11.2 Å². The summed E-state index contributed by atoms with van der Waals surface area (Å²) in [6.07, 6.45) is 1.07. The highest BCUT2D eigenvalue weighted by Gasteiger charge is 2.46. The second kappa shape index (κ2) is 6.65. The van der Waals surface area contributed by atoms with E-state index < -0.39 is 33.2 Å². The van der Waals surface area contributed by atoms with Crippen LogP contribution in [-0.4, -0.2) is 35.1 Å². The summed E-state index contributed by atoms with van der Waals surface area (Å²) in [5, 5.41) is 3.83. The van der Waals surface area contributed by atoms with Gasteiger partial charge in [-0.25, -0.2) is 13.2 Å². The van der Waals surface area contributed by atoms with Crippen molar-refractivity contribution in [3.05, 3.63) is 56.6 Å². The molecule has 0 spiro atoms. The van der Waals surface area contributed by atoms with Crippen molar-refractivity contribution in [2.24, 2.45) is 12.5 Å². The van der Waals surface area contributed by atoms with Crippen molar-refractivity contribution in [1.29, 1.82) is 0 Å². The largest absolute Gasteiger partial charge is 0.359 e. The van der Waals surface area contributed by atoms with E-state index in [0.29, 0.717) is 29.8 Å². The lowest BCUT2D eigenvalue weighted by molar-refractivity contribution is 0.366. The molecule has 0 N–H and O–H groups in total. The van der Waals surface area contributed by atoms with E-state index in [1.54, 1.807) is 13.0 Å². The Morgan fingerprint density at radius 1 is 1.24 bits per heavy atom. The third kappa shape index (κ3) is 3.41. The summed E-state index contributed by atoms with van der Waals surface area (Å²) in [6.45, 7) is 0.914. The van der Waals surface area contributed by atoms with Gasteiger partial charge in [-0.15, -0.1) is 0 Å². The van der Waals surface area contributed by atoms with Crippen LogP contribution in [0, 0.1) is 12.3 Å². The van der Waals surface area contributed by atoms with Crippen LogP contribution in [-0.2, 0) is 23.4 Å². The van der Waals surface area contributed by atoms with Crippen LogP contribution in [0.2, 0.25) is 0 Å². The van der Waals surface area contributed by atoms with Gasteiger partial charge in [0.15, 0.2) is 15.6 Å². The second-order valence-corrected chi connectivity index (χ2v) is 9.73. The summed E-state index contributed by atoms with van der Waals surface area (Å²) < 4.78 is 46.1. The molecule has 3 aromatic rings. The van der Waals surface area contributed by atoms with E-state index in [9.17, 15) is 22.4 Å². The average Bonchev–Trinajstić information content (AvgIpc) is 3.33. The molecule has 0 saturated heterocycles. The summed E-state index contributed by atoms with van der Waals surface area (Å²) >= 11 is 0. The highest BCUT2D eigenvalue weighted by atomic mass is 32.2. The maximum absolute atomic E-state index is 13.2. The van der Waals surface area contributed by atoms with Gasteiger partial charge in [0.25, 0.3) is 5.56 Å². The first kappa shape index (κ1) is 19.6. The Labute approximate surface area is 165 Å². The van der Waals surface area contributed by atoms with Gasteiger partial charge in [0.2, 0.25) is 0 Å². The van der Waals surface area contributed by atoms with Gasteiger partial charge in [0, 0.05) is 18.5 Å². The fourth-order valence-corrected chi connectivity index (χ4v) is 5.37. The number of halogens is 1. The third-order valence-corrected chi connectivity index (χ3v) is 7.37. The summed E-state index contributed by atoms with van der Waals surface area (Å²) in [5.41, 5.74) is -1.05. The number of aromatic nitrogens is 3. The van der Waals surface area contributed by atoms with Gasteiger partial charge in [-0.2, -0.15) is 0 Å². The number of sulfone groups is 1. The zero-order chi connectivity index (χ0) is 21.0. The minimum absolute atomic E-state index is 0.0532. The van der Waals surface area contributed by atoms with Crippen molar-refractivity contribution < 1.29 is 17.3 Å². The first-order valence-electron chi connectivity index (χ1n) is 9.10. The minimum Gasteiger partial charge on any atom is -0.359 e. The molecule has 29 heavy (non-hydrogen) atoms. The first-order chi connectivity index (χ1) is 13.7. The van der Waals surface area contributed by atoms with Crippen molar-refractivity contribution in [1.82, 2.24) is 14.3 Å². The van der Waals surface area contributed by atoms with Crippen LogP contribution in [0.25, 0.3) is 10.9 Å². The molecule has 0 atom stereocenters. The Morgan fingerprint density at radius 2 is 1.97 bits per heavy atom. The van der Waals surface area contributed by atoms with E-state index in [-0.39, 0.29) is 22.6 Å². The highest BCUT2D eigenvalue weighted by molar-refractivity contribution is 7.91. The summed E-state index contributed by atoms with van der Waals surface area (Å²) in [6, 6.07) is 5.67. The maximum Gasteiger partial charge on any atom is 0.331 e. The summed E-state index contributed by atoms with van der Waals surface area (Å²) in [5.74, 6) is 0.0442. The van der Waals surface area contributed by atoms with E-state index in [0.717, 1.165) is 4.57 Å². The van der Waals surface area contributed by atoms with E-state index in [1.165, 1.54) is 29.8 Å². The van der Waals surface area contributed by atoms with E-state index in [1.807, 2.05) is 0 Å². The molecule has 10 heteroatoms. The van der Waals surface area contributed by atoms with Gasteiger partial charge in [0.1, 0.15) is 0 Å². The monoisotopic (exact) mass is 421 g/mol. The van der Waals surface area contributed by atoms with Crippen molar-refractivity contribution in [3.63, 3.8) is 0 Å².